The zero-order valence-electron chi connectivity index (χ0n) is 8.92. The van der Waals surface area contributed by atoms with Crippen LogP contribution in [0.1, 0.15) is 30.2 Å². The molecule has 0 spiro atoms. The number of carboxylic acid groups (broad SMARTS) is 1. The number of hydrogen-bond donors (Lipinski definition) is 1. The van der Waals surface area contributed by atoms with E-state index in [4.69, 9.17) is 5.11 Å². The highest BCUT2D eigenvalue weighted by Gasteiger charge is 2.09. The average molecular weight is 291 g/mol. The third-order valence-electron chi connectivity index (χ3n) is 2.31. The lowest BCUT2D eigenvalue weighted by Crippen LogP contribution is -2.04. The molecule has 0 amide bonds. The molecule has 0 saturated heterocycles. The summed E-state index contributed by atoms with van der Waals surface area (Å²) in [6.45, 7) is 4.06. The van der Waals surface area contributed by atoms with Crippen molar-refractivity contribution in [2.75, 3.05) is 0 Å². The molecule has 0 aliphatic rings. The summed E-state index contributed by atoms with van der Waals surface area (Å²) in [5, 5.41) is 8.62. The summed E-state index contributed by atoms with van der Waals surface area (Å²) in [5.41, 5.74) is 1.26. The summed E-state index contributed by atoms with van der Waals surface area (Å²) in [6.07, 6.45) is 2.19. The van der Waals surface area contributed by atoms with Gasteiger partial charge in [-0.05, 0) is 53.2 Å². The molecular formula is C11H15BrO2S. The number of carbonyl (C=O) groups is 1. The average Bonchev–Trinajstić information content (AvgIpc) is 2.42. The maximum absolute atomic E-state index is 10.5. The van der Waals surface area contributed by atoms with Crippen LogP contribution in [0.25, 0.3) is 0 Å². The lowest BCUT2D eigenvalue weighted by molar-refractivity contribution is -0.138. The number of aryl methyl sites for hydroxylation is 2. The first kappa shape index (κ1) is 12.7. The molecule has 0 bridgehead atoms. The van der Waals surface area contributed by atoms with Crippen LogP contribution in [0.4, 0.5) is 0 Å². The molecule has 0 aliphatic carbocycles. The van der Waals surface area contributed by atoms with Gasteiger partial charge in [-0.3, -0.25) is 4.79 Å². The minimum atomic E-state index is -0.703. The first-order valence-electron chi connectivity index (χ1n) is 4.95. The third-order valence-corrected chi connectivity index (χ3v) is 4.51. The first-order chi connectivity index (χ1) is 6.99. The van der Waals surface area contributed by atoms with Crippen molar-refractivity contribution >= 4 is 33.2 Å². The largest absolute Gasteiger partial charge is 0.481 e. The number of halogens is 1. The predicted molar refractivity (Wildman–Crippen MR) is 66.5 cm³/mol. The molecule has 1 unspecified atom stereocenters. The molecular weight excluding hydrogens is 276 g/mol. The number of hydrogen-bond acceptors (Lipinski definition) is 2. The Morgan fingerprint density at radius 2 is 2.33 bits per heavy atom. The van der Waals surface area contributed by atoms with Gasteiger partial charge >= 0.3 is 5.97 Å². The summed E-state index contributed by atoms with van der Waals surface area (Å²) in [4.78, 5) is 11.8. The molecule has 1 N–H and O–H groups in total. The van der Waals surface area contributed by atoms with E-state index in [-0.39, 0.29) is 12.3 Å². The fourth-order valence-electron chi connectivity index (χ4n) is 1.44. The van der Waals surface area contributed by atoms with Crippen molar-refractivity contribution < 1.29 is 9.90 Å². The van der Waals surface area contributed by atoms with Gasteiger partial charge in [-0.15, -0.1) is 11.3 Å². The van der Waals surface area contributed by atoms with Crippen LogP contribution in [-0.2, 0) is 11.2 Å². The van der Waals surface area contributed by atoms with Gasteiger partial charge in [0.25, 0.3) is 0 Å². The number of thiophene rings is 1. The zero-order chi connectivity index (χ0) is 11.4. The second-order valence-electron chi connectivity index (χ2n) is 3.91. The van der Waals surface area contributed by atoms with Gasteiger partial charge in [0.05, 0.1) is 3.79 Å². The van der Waals surface area contributed by atoms with Crippen LogP contribution in [0.2, 0.25) is 0 Å². The van der Waals surface area contributed by atoms with Gasteiger partial charge in [-0.1, -0.05) is 6.92 Å². The summed E-state index contributed by atoms with van der Waals surface area (Å²) in [5.74, 6) is -0.449. The number of aliphatic carboxylic acids is 1. The number of carboxylic acids is 1. The molecule has 1 aromatic rings. The monoisotopic (exact) mass is 290 g/mol. The van der Waals surface area contributed by atoms with Crippen molar-refractivity contribution in [2.24, 2.45) is 5.92 Å². The van der Waals surface area contributed by atoms with Gasteiger partial charge in [0.2, 0.25) is 0 Å². The second-order valence-corrected chi connectivity index (χ2v) is 6.37. The van der Waals surface area contributed by atoms with Crippen LogP contribution < -0.4 is 0 Å². The lowest BCUT2D eigenvalue weighted by atomic mass is 10.0. The third kappa shape index (κ3) is 4.34. The van der Waals surface area contributed by atoms with Crippen molar-refractivity contribution in [1.82, 2.24) is 0 Å². The standard InChI is InChI=1S/C11H15BrO2S/c1-7(5-10(13)14)3-4-9-6-8(2)11(12)15-9/h6-7H,3-5H2,1-2H3,(H,13,14). The normalized spacial score (nSPS) is 12.7. The van der Waals surface area contributed by atoms with Crippen molar-refractivity contribution in [3.63, 3.8) is 0 Å². The fourth-order valence-corrected chi connectivity index (χ4v) is 3.08. The van der Waals surface area contributed by atoms with E-state index in [0.717, 1.165) is 12.8 Å². The fraction of sp³-hybridized carbons (Fsp3) is 0.545. The van der Waals surface area contributed by atoms with E-state index in [1.165, 1.54) is 14.2 Å². The topological polar surface area (TPSA) is 37.3 Å². The summed E-state index contributed by atoms with van der Waals surface area (Å²) >= 11 is 5.23. The molecule has 2 nitrogen and oxygen atoms in total. The minimum Gasteiger partial charge on any atom is -0.481 e. The minimum absolute atomic E-state index is 0.253. The second kappa shape index (κ2) is 5.66. The summed E-state index contributed by atoms with van der Waals surface area (Å²) in [6, 6.07) is 2.17. The van der Waals surface area contributed by atoms with Gasteiger partial charge in [-0.2, -0.15) is 0 Å². The smallest absolute Gasteiger partial charge is 0.303 e. The van der Waals surface area contributed by atoms with Crippen LogP contribution in [0.3, 0.4) is 0 Å². The van der Waals surface area contributed by atoms with E-state index in [9.17, 15) is 4.79 Å². The van der Waals surface area contributed by atoms with Crippen molar-refractivity contribution in [3.05, 3.63) is 20.3 Å². The SMILES string of the molecule is Cc1cc(CCC(C)CC(=O)O)sc1Br. The maximum atomic E-state index is 10.5. The van der Waals surface area contributed by atoms with E-state index in [2.05, 4.69) is 28.9 Å². The van der Waals surface area contributed by atoms with Gasteiger partial charge < -0.3 is 5.11 Å². The van der Waals surface area contributed by atoms with Crippen molar-refractivity contribution in [1.29, 1.82) is 0 Å². The lowest BCUT2D eigenvalue weighted by Gasteiger charge is -2.06. The first-order valence-corrected chi connectivity index (χ1v) is 6.56. The molecule has 0 fully saturated rings. The van der Waals surface area contributed by atoms with Crippen LogP contribution >= 0.6 is 27.3 Å². The van der Waals surface area contributed by atoms with Crippen molar-refractivity contribution in [2.45, 2.75) is 33.1 Å². The Balaban J connectivity index is 2.40. The van der Waals surface area contributed by atoms with Gasteiger partial charge in [0, 0.05) is 11.3 Å². The van der Waals surface area contributed by atoms with Crippen LogP contribution in [0, 0.1) is 12.8 Å². The van der Waals surface area contributed by atoms with E-state index >= 15 is 0 Å². The molecule has 1 atom stereocenters. The highest BCUT2D eigenvalue weighted by atomic mass is 79.9. The molecule has 0 radical (unpaired) electrons. The highest BCUT2D eigenvalue weighted by molar-refractivity contribution is 9.11. The van der Waals surface area contributed by atoms with E-state index in [0.29, 0.717) is 0 Å². The Hall–Kier alpha value is -0.350. The molecule has 0 aromatic carbocycles. The van der Waals surface area contributed by atoms with Gasteiger partial charge in [0.1, 0.15) is 0 Å². The van der Waals surface area contributed by atoms with E-state index < -0.39 is 5.97 Å². The molecule has 84 valence electrons. The predicted octanol–water partition coefficient (Wildman–Crippen LogP) is 3.86. The van der Waals surface area contributed by atoms with Gasteiger partial charge in [0.15, 0.2) is 0 Å². The molecule has 1 heterocycles. The summed E-state index contributed by atoms with van der Waals surface area (Å²) in [7, 11) is 0. The maximum Gasteiger partial charge on any atom is 0.303 e. The van der Waals surface area contributed by atoms with Crippen LogP contribution in [-0.4, -0.2) is 11.1 Å². The molecule has 0 aliphatic heterocycles. The quantitative estimate of drug-likeness (QED) is 0.894. The Morgan fingerprint density at radius 3 is 2.80 bits per heavy atom. The molecule has 15 heavy (non-hydrogen) atoms. The molecule has 1 aromatic heterocycles. The van der Waals surface area contributed by atoms with Crippen LogP contribution in [0.15, 0.2) is 9.85 Å². The van der Waals surface area contributed by atoms with Gasteiger partial charge in [-0.25, -0.2) is 0 Å². The van der Waals surface area contributed by atoms with Crippen molar-refractivity contribution in [3.8, 4) is 0 Å². The van der Waals surface area contributed by atoms with Crippen LogP contribution in [0.5, 0.6) is 0 Å². The molecule has 0 saturated carbocycles. The number of rotatable bonds is 5. The molecule has 4 heteroatoms. The highest BCUT2D eigenvalue weighted by Crippen LogP contribution is 2.28. The Labute approximate surface area is 102 Å². The Morgan fingerprint density at radius 1 is 1.67 bits per heavy atom. The zero-order valence-corrected chi connectivity index (χ0v) is 11.3. The Bertz CT molecular complexity index is 327. The summed E-state index contributed by atoms with van der Waals surface area (Å²) < 4.78 is 1.18. The molecule has 1 rings (SSSR count). The van der Waals surface area contributed by atoms with E-state index in [1.54, 1.807) is 11.3 Å². The van der Waals surface area contributed by atoms with E-state index in [1.807, 2.05) is 6.92 Å². The Kier molecular flexibility index (Phi) is 4.80.